The van der Waals surface area contributed by atoms with Crippen LogP contribution in [0.2, 0.25) is 5.02 Å². The molecule has 3 aromatic rings. The number of hydrogen-bond acceptors (Lipinski definition) is 3. The van der Waals surface area contributed by atoms with E-state index in [0.29, 0.717) is 21.9 Å². The van der Waals surface area contributed by atoms with E-state index in [1.54, 1.807) is 30.3 Å². The lowest BCUT2D eigenvalue weighted by atomic mass is 10.2. The number of esters is 1. The monoisotopic (exact) mass is 297 g/mol. The molecule has 0 aliphatic heterocycles. The summed E-state index contributed by atoms with van der Waals surface area (Å²) in [4.78, 5) is 16.6. The van der Waals surface area contributed by atoms with Gasteiger partial charge >= 0.3 is 5.97 Å². The molecule has 0 aliphatic rings. The average Bonchev–Trinajstić information content (AvgIpc) is 2.48. The van der Waals surface area contributed by atoms with Gasteiger partial charge in [0.2, 0.25) is 0 Å². The minimum atomic E-state index is -0.451. The molecule has 0 N–H and O–H groups in total. The van der Waals surface area contributed by atoms with Crippen molar-refractivity contribution in [3.05, 3.63) is 70.9 Å². The number of carbonyl (C=O) groups excluding carboxylic acids is 1. The van der Waals surface area contributed by atoms with Crippen LogP contribution in [-0.4, -0.2) is 11.0 Å². The molecule has 0 bridgehead atoms. The van der Waals surface area contributed by atoms with Crippen molar-refractivity contribution in [3.8, 4) is 5.75 Å². The molecule has 3 rings (SSSR count). The highest BCUT2D eigenvalue weighted by molar-refractivity contribution is 6.30. The number of para-hydroxylation sites is 1. The zero-order valence-corrected chi connectivity index (χ0v) is 12.1. The standard InChI is InChI=1S/C17H12ClNO2/c1-11-8-9-12-4-3-7-15(16(12)19-11)21-17(20)13-5-2-6-14(18)10-13/h2-10H,1H3. The maximum absolute atomic E-state index is 12.2. The number of fused-ring (bicyclic) bond motifs is 1. The summed E-state index contributed by atoms with van der Waals surface area (Å²) >= 11 is 5.89. The largest absolute Gasteiger partial charge is 0.421 e. The molecule has 4 heteroatoms. The lowest BCUT2D eigenvalue weighted by molar-refractivity contribution is 0.0737. The van der Waals surface area contributed by atoms with Crippen LogP contribution in [0.1, 0.15) is 16.1 Å². The van der Waals surface area contributed by atoms with E-state index >= 15 is 0 Å². The first-order valence-electron chi connectivity index (χ1n) is 6.47. The van der Waals surface area contributed by atoms with Crippen molar-refractivity contribution in [1.82, 2.24) is 4.98 Å². The average molecular weight is 298 g/mol. The fourth-order valence-corrected chi connectivity index (χ4v) is 2.26. The van der Waals surface area contributed by atoms with Crippen LogP contribution in [0.3, 0.4) is 0 Å². The Morgan fingerprint density at radius 1 is 1.10 bits per heavy atom. The fraction of sp³-hybridized carbons (Fsp3) is 0.0588. The molecule has 0 unspecified atom stereocenters. The highest BCUT2D eigenvalue weighted by Crippen LogP contribution is 2.25. The molecule has 0 amide bonds. The number of carbonyl (C=O) groups is 1. The summed E-state index contributed by atoms with van der Waals surface area (Å²) in [7, 11) is 0. The SMILES string of the molecule is Cc1ccc2cccc(OC(=O)c3cccc(Cl)c3)c2n1. The van der Waals surface area contributed by atoms with Gasteiger partial charge in [-0.2, -0.15) is 0 Å². The lowest BCUT2D eigenvalue weighted by Crippen LogP contribution is -2.09. The topological polar surface area (TPSA) is 39.2 Å². The second kappa shape index (κ2) is 5.54. The third-order valence-electron chi connectivity index (χ3n) is 3.09. The van der Waals surface area contributed by atoms with Crippen LogP contribution in [0, 0.1) is 6.92 Å². The Balaban J connectivity index is 1.98. The normalized spacial score (nSPS) is 10.6. The van der Waals surface area contributed by atoms with Gasteiger partial charge in [0.1, 0.15) is 5.52 Å². The minimum Gasteiger partial charge on any atom is -0.421 e. The molecular formula is C17H12ClNO2. The second-order valence-corrected chi connectivity index (χ2v) is 5.12. The van der Waals surface area contributed by atoms with E-state index in [1.165, 1.54) is 0 Å². The van der Waals surface area contributed by atoms with Crippen molar-refractivity contribution in [2.24, 2.45) is 0 Å². The van der Waals surface area contributed by atoms with Crippen LogP contribution >= 0.6 is 11.6 Å². The van der Waals surface area contributed by atoms with Gasteiger partial charge in [-0.25, -0.2) is 9.78 Å². The molecular weight excluding hydrogens is 286 g/mol. The van der Waals surface area contributed by atoms with Crippen LogP contribution in [0.5, 0.6) is 5.75 Å². The van der Waals surface area contributed by atoms with Gasteiger partial charge in [0.05, 0.1) is 5.56 Å². The zero-order valence-electron chi connectivity index (χ0n) is 11.3. The number of benzene rings is 2. The van der Waals surface area contributed by atoms with Crippen LogP contribution < -0.4 is 4.74 Å². The predicted molar refractivity (Wildman–Crippen MR) is 82.9 cm³/mol. The Bertz CT molecular complexity index is 830. The molecule has 3 nitrogen and oxygen atoms in total. The third kappa shape index (κ3) is 2.88. The minimum absolute atomic E-state index is 0.409. The Labute approximate surface area is 127 Å². The molecule has 0 saturated carbocycles. The summed E-state index contributed by atoms with van der Waals surface area (Å²) in [5, 5.41) is 1.42. The van der Waals surface area contributed by atoms with Gasteiger partial charge in [0.15, 0.2) is 5.75 Å². The van der Waals surface area contributed by atoms with E-state index in [4.69, 9.17) is 16.3 Å². The molecule has 0 fully saturated rings. The number of nitrogens with zero attached hydrogens (tertiary/aromatic N) is 1. The Morgan fingerprint density at radius 2 is 1.90 bits per heavy atom. The Hall–Kier alpha value is -2.39. The van der Waals surface area contributed by atoms with E-state index in [1.807, 2.05) is 31.2 Å². The zero-order chi connectivity index (χ0) is 14.8. The number of rotatable bonds is 2. The molecule has 0 aliphatic carbocycles. The van der Waals surface area contributed by atoms with Crippen molar-refractivity contribution in [2.45, 2.75) is 6.92 Å². The molecule has 104 valence electrons. The number of pyridine rings is 1. The third-order valence-corrected chi connectivity index (χ3v) is 3.32. The maximum atomic E-state index is 12.2. The van der Waals surface area contributed by atoms with E-state index < -0.39 is 5.97 Å². The quantitative estimate of drug-likeness (QED) is 0.519. The summed E-state index contributed by atoms with van der Waals surface area (Å²) in [6.07, 6.45) is 0. The molecule has 0 atom stereocenters. The van der Waals surface area contributed by atoms with Gasteiger partial charge in [-0.1, -0.05) is 35.9 Å². The van der Waals surface area contributed by atoms with Crippen LogP contribution in [-0.2, 0) is 0 Å². The highest BCUT2D eigenvalue weighted by Gasteiger charge is 2.12. The summed E-state index contributed by atoms with van der Waals surface area (Å²) < 4.78 is 5.46. The van der Waals surface area contributed by atoms with Crippen LogP contribution in [0.4, 0.5) is 0 Å². The van der Waals surface area contributed by atoms with Gasteiger partial charge in [-0.3, -0.25) is 0 Å². The van der Waals surface area contributed by atoms with E-state index in [2.05, 4.69) is 4.98 Å². The van der Waals surface area contributed by atoms with Gasteiger partial charge in [-0.05, 0) is 37.3 Å². The van der Waals surface area contributed by atoms with Gasteiger partial charge in [0, 0.05) is 16.1 Å². The molecule has 2 aromatic carbocycles. The van der Waals surface area contributed by atoms with E-state index in [9.17, 15) is 4.79 Å². The number of ether oxygens (including phenoxy) is 1. The summed E-state index contributed by atoms with van der Waals surface area (Å²) in [5.41, 5.74) is 1.95. The van der Waals surface area contributed by atoms with Crippen molar-refractivity contribution >= 4 is 28.5 Å². The van der Waals surface area contributed by atoms with Crippen molar-refractivity contribution in [2.75, 3.05) is 0 Å². The maximum Gasteiger partial charge on any atom is 0.343 e. The van der Waals surface area contributed by atoms with Crippen molar-refractivity contribution in [1.29, 1.82) is 0 Å². The number of halogens is 1. The molecule has 1 heterocycles. The van der Waals surface area contributed by atoms with E-state index in [0.717, 1.165) is 11.1 Å². The van der Waals surface area contributed by atoms with Crippen molar-refractivity contribution in [3.63, 3.8) is 0 Å². The smallest absolute Gasteiger partial charge is 0.343 e. The molecule has 0 radical (unpaired) electrons. The first-order valence-corrected chi connectivity index (χ1v) is 6.85. The number of aryl methyl sites for hydroxylation is 1. The second-order valence-electron chi connectivity index (χ2n) is 4.68. The van der Waals surface area contributed by atoms with Crippen molar-refractivity contribution < 1.29 is 9.53 Å². The van der Waals surface area contributed by atoms with Gasteiger partial charge < -0.3 is 4.74 Å². The molecule has 0 saturated heterocycles. The molecule has 0 spiro atoms. The lowest BCUT2D eigenvalue weighted by Gasteiger charge is -2.08. The van der Waals surface area contributed by atoms with Gasteiger partial charge in [-0.15, -0.1) is 0 Å². The predicted octanol–water partition coefficient (Wildman–Crippen LogP) is 4.42. The number of aromatic nitrogens is 1. The summed E-state index contributed by atoms with van der Waals surface area (Å²) in [6, 6.07) is 16.0. The fourth-order valence-electron chi connectivity index (χ4n) is 2.07. The van der Waals surface area contributed by atoms with Crippen LogP contribution in [0.25, 0.3) is 10.9 Å². The van der Waals surface area contributed by atoms with Crippen LogP contribution in [0.15, 0.2) is 54.6 Å². The molecule has 1 aromatic heterocycles. The summed E-state index contributed by atoms with van der Waals surface area (Å²) in [5.74, 6) is -0.00511. The Morgan fingerprint density at radius 3 is 2.71 bits per heavy atom. The number of hydrogen-bond donors (Lipinski definition) is 0. The first-order chi connectivity index (χ1) is 10.1. The first kappa shape index (κ1) is 13.6. The van der Waals surface area contributed by atoms with E-state index in [-0.39, 0.29) is 0 Å². The Kier molecular flexibility index (Phi) is 3.59. The molecule has 21 heavy (non-hydrogen) atoms. The van der Waals surface area contributed by atoms with Gasteiger partial charge in [0.25, 0.3) is 0 Å². The summed E-state index contributed by atoms with van der Waals surface area (Å²) in [6.45, 7) is 1.90. The highest BCUT2D eigenvalue weighted by atomic mass is 35.5.